The van der Waals surface area contributed by atoms with Gasteiger partial charge in [-0.3, -0.25) is 0 Å². The summed E-state index contributed by atoms with van der Waals surface area (Å²) in [5, 5.41) is 12.6. The molecule has 0 saturated heterocycles. The van der Waals surface area contributed by atoms with E-state index in [0.717, 1.165) is 6.20 Å². The van der Waals surface area contributed by atoms with Gasteiger partial charge in [-0.25, -0.2) is 14.2 Å². The van der Waals surface area contributed by atoms with E-state index in [1.165, 1.54) is 24.3 Å². The number of hydrogen-bond acceptors (Lipinski definition) is 5. The Balaban J connectivity index is 1.90. The number of aromatic carboxylic acids is 1. The molecule has 2 aromatic heterocycles. The van der Waals surface area contributed by atoms with Crippen molar-refractivity contribution < 1.29 is 18.8 Å². The fraction of sp³-hybridized carbons (Fsp3) is 0. The summed E-state index contributed by atoms with van der Waals surface area (Å²) in [4.78, 5) is 18.8. The summed E-state index contributed by atoms with van der Waals surface area (Å²) >= 11 is 0. The molecule has 3 rings (SSSR count). The van der Waals surface area contributed by atoms with Crippen molar-refractivity contribution in [1.82, 2.24) is 15.1 Å². The van der Waals surface area contributed by atoms with Gasteiger partial charge in [-0.1, -0.05) is 17.3 Å². The first-order valence-electron chi connectivity index (χ1n) is 5.93. The van der Waals surface area contributed by atoms with Gasteiger partial charge in [-0.05, 0) is 24.3 Å². The number of nitrogens with zero attached hydrogens (tertiary/aromatic N) is 3. The average molecular weight is 285 g/mol. The van der Waals surface area contributed by atoms with E-state index in [9.17, 15) is 9.18 Å². The van der Waals surface area contributed by atoms with Crippen LogP contribution in [-0.2, 0) is 0 Å². The van der Waals surface area contributed by atoms with Gasteiger partial charge in [0.15, 0.2) is 0 Å². The number of aromatic nitrogens is 3. The zero-order valence-corrected chi connectivity index (χ0v) is 10.5. The van der Waals surface area contributed by atoms with Crippen LogP contribution in [0.15, 0.2) is 47.1 Å². The lowest BCUT2D eigenvalue weighted by Crippen LogP contribution is -1.95. The van der Waals surface area contributed by atoms with Crippen LogP contribution in [0.2, 0.25) is 0 Å². The minimum atomic E-state index is -1.01. The number of hydrogen-bond donors (Lipinski definition) is 1. The average Bonchev–Trinajstić information content (AvgIpc) is 2.98. The molecule has 0 aliphatic heterocycles. The maximum absolute atomic E-state index is 12.8. The van der Waals surface area contributed by atoms with Crippen molar-refractivity contribution in [3.05, 3.63) is 54.0 Å². The third-order valence-electron chi connectivity index (χ3n) is 2.76. The minimum Gasteiger partial charge on any atom is -0.478 e. The normalized spacial score (nSPS) is 10.5. The second kappa shape index (κ2) is 5.12. The van der Waals surface area contributed by atoms with Gasteiger partial charge >= 0.3 is 5.97 Å². The number of pyridine rings is 1. The topological polar surface area (TPSA) is 89.1 Å². The maximum Gasteiger partial charge on any atom is 0.335 e. The van der Waals surface area contributed by atoms with Crippen molar-refractivity contribution in [3.8, 4) is 23.0 Å². The molecule has 0 aliphatic carbocycles. The first-order chi connectivity index (χ1) is 10.1. The Hall–Kier alpha value is -3.09. The Morgan fingerprint density at radius 3 is 2.52 bits per heavy atom. The molecule has 6 nitrogen and oxygen atoms in total. The zero-order valence-electron chi connectivity index (χ0n) is 10.5. The van der Waals surface area contributed by atoms with Crippen LogP contribution in [0, 0.1) is 5.82 Å². The molecular formula is C14H8FN3O3. The van der Waals surface area contributed by atoms with Crippen molar-refractivity contribution in [1.29, 1.82) is 0 Å². The molecule has 0 unspecified atom stereocenters. The van der Waals surface area contributed by atoms with Crippen molar-refractivity contribution in [2.45, 2.75) is 0 Å². The van der Waals surface area contributed by atoms with E-state index < -0.39 is 11.8 Å². The second-order valence-corrected chi connectivity index (χ2v) is 4.17. The molecule has 0 aliphatic rings. The third kappa shape index (κ3) is 2.62. The highest BCUT2D eigenvalue weighted by Crippen LogP contribution is 2.21. The predicted octanol–water partition coefficient (Wildman–Crippen LogP) is 2.64. The maximum atomic E-state index is 12.8. The highest BCUT2D eigenvalue weighted by atomic mass is 19.1. The van der Waals surface area contributed by atoms with E-state index in [1.807, 2.05) is 0 Å². The first-order valence-corrected chi connectivity index (χ1v) is 5.93. The molecule has 21 heavy (non-hydrogen) atoms. The molecule has 0 saturated carbocycles. The quantitative estimate of drug-likeness (QED) is 0.795. The molecule has 2 heterocycles. The molecule has 7 heteroatoms. The molecule has 104 valence electrons. The van der Waals surface area contributed by atoms with Crippen LogP contribution in [0.5, 0.6) is 0 Å². The van der Waals surface area contributed by atoms with Crippen LogP contribution in [0.25, 0.3) is 23.0 Å². The molecule has 0 atom stereocenters. The van der Waals surface area contributed by atoms with Gasteiger partial charge in [-0.2, -0.15) is 4.98 Å². The fourth-order valence-electron chi connectivity index (χ4n) is 1.71. The number of carboxylic acids is 1. The summed E-state index contributed by atoms with van der Waals surface area (Å²) in [6.07, 6.45) is 1.06. The van der Waals surface area contributed by atoms with Crippen LogP contribution < -0.4 is 0 Å². The van der Waals surface area contributed by atoms with E-state index in [4.69, 9.17) is 9.63 Å². The molecule has 0 spiro atoms. The summed E-state index contributed by atoms with van der Waals surface area (Å²) in [5.74, 6) is -1.01. The summed E-state index contributed by atoms with van der Waals surface area (Å²) < 4.78 is 17.9. The van der Waals surface area contributed by atoms with Crippen LogP contribution in [-0.4, -0.2) is 26.2 Å². The van der Waals surface area contributed by atoms with Gasteiger partial charge in [0.2, 0.25) is 5.82 Å². The van der Waals surface area contributed by atoms with Crippen LogP contribution >= 0.6 is 0 Å². The molecule has 0 fully saturated rings. The highest BCUT2D eigenvalue weighted by Gasteiger charge is 2.12. The van der Waals surface area contributed by atoms with Crippen molar-refractivity contribution in [2.24, 2.45) is 0 Å². The van der Waals surface area contributed by atoms with E-state index in [2.05, 4.69) is 15.1 Å². The standard InChI is InChI=1S/C14H8FN3O3/c15-10-5-6-11(16-7-10)13-17-12(18-21-13)8-1-3-9(4-2-8)14(19)20/h1-7H,(H,19,20). The molecule has 0 amide bonds. The Morgan fingerprint density at radius 1 is 1.14 bits per heavy atom. The van der Waals surface area contributed by atoms with Crippen molar-refractivity contribution in [2.75, 3.05) is 0 Å². The summed E-state index contributed by atoms with van der Waals surface area (Å²) in [6, 6.07) is 8.73. The number of halogens is 1. The molecule has 0 bridgehead atoms. The summed E-state index contributed by atoms with van der Waals surface area (Å²) in [6.45, 7) is 0. The summed E-state index contributed by atoms with van der Waals surface area (Å²) in [7, 11) is 0. The van der Waals surface area contributed by atoms with Gasteiger partial charge in [0.05, 0.1) is 11.8 Å². The fourth-order valence-corrected chi connectivity index (χ4v) is 1.71. The third-order valence-corrected chi connectivity index (χ3v) is 2.76. The zero-order chi connectivity index (χ0) is 14.8. The minimum absolute atomic E-state index is 0.160. The largest absolute Gasteiger partial charge is 0.478 e. The lowest BCUT2D eigenvalue weighted by molar-refractivity contribution is 0.0697. The van der Waals surface area contributed by atoms with Gasteiger partial charge in [-0.15, -0.1) is 0 Å². The van der Waals surface area contributed by atoms with Crippen LogP contribution in [0.4, 0.5) is 4.39 Å². The number of carboxylic acid groups (broad SMARTS) is 1. The second-order valence-electron chi connectivity index (χ2n) is 4.17. The number of carbonyl (C=O) groups is 1. The molecule has 1 N–H and O–H groups in total. The predicted molar refractivity (Wildman–Crippen MR) is 69.9 cm³/mol. The van der Waals surface area contributed by atoms with E-state index >= 15 is 0 Å². The van der Waals surface area contributed by atoms with Crippen molar-refractivity contribution >= 4 is 5.97 Å². The van der Waals surface area contributed by atoms with Gasteiger partial charge in [0.1, 0.15) is 11.5 Å². The van der Waals surface area contributed by atoms with Crippen LogP contribution in [0.3, 0.4) is 0 Å². The van der Waals surface area contributed by atoms with Crippen LogP contribution in [0.1, 0.15) is 10.4 Å². The monoisotopic (exact) mass is 285 g/mol. The number of benzene rings is 1. The Bertz CT molecular complexity index is 782. The van der Waals surface area contributed by atoms with Gasteiger partial charge < -0.3 is 9.63 Å². The Kier molecular flexibility index (Phi) is 3.15. The molecule has 0 radical (unpaired) electrons. The van der Waals surface area contributed by atoms with E-state index in [0.29, 0.717) is 17.1 Å². The van der Waals surface area contributed by atoms with Crippen molar-refractivity contribution in [3.63, 3.8) is 0 Å². The molecular weight excluding hydrogens is 277 g/mol. The van der Waals surface area contributed by atoms with E-state index in [1.54, 1.807) is 12.1 Å². The Labute approximate surface area is 117 Å². The number of rotatable bonds is 3. The lowest BCUT2D eigenvalue weighted by Gasteiger charge is -1.96. The Morgan fingerprint density at radius 2 is 1.90 bits per heavy atom. The first kappa shape index (κ1) is 12.9. The lowest BCUT2D eigenvalue weighted by atomic mass is 10.1. The molecule has 1 aromatic carbocycles. The van der Waals surface area contributed by atoms with Gasteiger partial charge in [0, 0.05) is 5.56 Å². The highest BCUT2D eigenvalue weighted by molar-refractivity contribution is 5.88. The van der Waals surface area contributed by atoms with Gasteiger partial charge in [0.25, 0.3) is 5.89 Å². The SMILES string of the molecule is O=C(O)c1ccc(-c2noc(-c3ccc(F)cn3)n2)cc1. The molecule has 3 aromatic rings. The smallest absolute Gasteiger partial charge is 0.335 e. The summed E-state index contributed by atoms with van der Waals surface area (Å²) in [5.41, 5.74) is 1.14. The van der Waals surface area contributed by atoms with E-state index in [-0.39, 0.29) is 11.5 Å².